The lowest BCUT2D eigenvalue weighted by atomic mass is 10.1. The predicted molar refractivity (Wildman–Crippen MR) is 94.7 cm³/mol. The summed E-state index contributed by atoms with van der Waals surface area (Å²) in [6, 6.07) is 0.695. The number of halogens is 3. The van der Waals surface area contributed by atoms with E-state index in [-0.39, 0.29) is 11.7 Å². The molecule has 0 heterocycles. The van der Waals surface area contributed by atoms with Crippen LogP contribution in [0.4, 0.5) is 24.5 Å². The fourth-order valence-corrected chi connectivity index (χ4v) is 2.36. The van der Waals surface area contributed by atoms with Crippen LogP contribution in [-0.2, 0) is 20.5 Å². The van der Waals surface area contributed by atoms with E-state index in [2.05, 4.69) is 10.6 Å². The molecule has 0 aliphatic rings. The maximum atomic E-state index is 12.7. The molecule has 0 bridgehead atoms. The summed E-state index contributed by atoms with van der Waals surface area (Å²) in [5.74, 6) is -1.38. The van der Waals surface area contributed by atoms with Crippen molar-refractivity contribution in [1.29, 1.82) is 0 Å². The SMILES string of the molecule is CCC[C@H](C)NC(=O)COC(=O)[C@H](C)Nc1ccc(C(F)(F)F)cc1[N+](=O)[O-]. The van der Waals surface area contributed by atoms with E-state index in [0.717, 1.165) is 18.9 Å². The number of benzene rings is 1. The Balaban J connectivity index is 2.73. The predicted octanol–water partition coefficient (Wildman–Crippen LogP) is 3.26. The number of hydrogen-bond donors (Lipinski definition) is 2. The number of ether oxygens (including phenoxy) is 1. The van der Waals surface area contributed by atoms with Gasteiger partial charge in [-0.15, -0.1) is 0 Å². The van der Waals surface area contributed by atoms with Crippen LogP contribution in [0.2, 0.25) is 0 Å². The molecule has 8 nitrogen and oxygen atoms in total. The normalized spacial score (nSPS) is 13.4. The molecule has 0 aliphatic heterocycles. The first-order chi connectivity index (χ1) is 13.0. The van der Waals surface area contributed by atoms with E-state index in [1.807, 2.05) is 6.92 Å². The van der Waals surface area contributed by atoms with Crippen molar-refractivity contribution in [1.82, 2.24) is 5.32 Å². The Hall–Kier alpha value is -2.85. The minimum Gasteiger partial charge on any atom is -0.454 e. The molecule has 1 aromatic carbocycles. The highest BCUT2D eigenvalue weighted by atomic mass is 19.4. The zero-order valence-corrected chi connectivity index (χ0v) is 15.6. The Morgan fingerprint density at radius 1 is 1.29 bits per heavy atom. The van der Waals surface area contributed by atoms with Gasteiger partial charge in [-0.1, -0.05) is 13.3 Å². The van der Waals surface area contributed by atoms with Crippen molar-refractivity contribution in [2.24, 2.45) is 0 Å². The number of hydrogen-bond acceptors (Lipinski definition) is 6. The van der Waals surface area contributed by atoms with Gasteiger partial charge in [0.05, 0.1) is 10.5 Å². The zero-order chi connectivity index (χ0) is 21.5. The number of nitro groups is 1. The number of nitrogens with zero attached hydrogens (tertiary/aromatic N) is 1. The number of anilines is 1. The van der Waals surface area contributed by atoms with Gasteiger partial charge in [0.2, 0.25) is 0 Å². The Morgan fingerprint density at radius 2 is 1.93 bits per heavy atom. The molecule has 0 saturated carbocycles. The highest BCUT2D eigenvalue weighted by Crippen LogP contribution is 2.35. The van der Waals surface area contributed by atoms with Crippen molar-refractivity contribution in [2.75, 3.05) is 11.9 Å². The van der Waals surface area contributed by atoms with Crippen molar-refractivity contribution in [3.8, 4) is 0 Å². The second kappa shape index (κ2) is 9.90. The zero-order valence-electron chi connectivity index (χ0n) is 15.6. The average molecular weight is 405 g/mol. The third-order valence-corrected chi connectivity index (χ3v) is 3.72. The second-order valence-electron chi connectivity index (χ2n) is 6.22. The van der Waals surface area contributed by atoms with Crippen LogP contribution in [-0.4, -0.2) is 35.5 Å². The van der Waals surface area contributed by atoms with Gasteiger partial charge in [-0.05, 0) is 32.4 Å². The third kappa shape index (κ3) is 7.05. The summed E-state index contributed by atoms with van der Waals surface area (Å²) in [4.78, 5) is 33.7. The maximum Gasteiger partial charge on any atom is 0.416 e. The number of carbonyl (C=O) groups excluding carboxylic acids is 2. The first kappa shape index (κ1) is 23.2. The molecule has 1 rings (SSSR count). The molecule has 0 radical (unpaired) electrons. The molecule has 0 aliphatic carbocycles. The van der Waals surface area contributed by atoms with Crippen molar-refractivity contribution < 1.29 is 32.4 Å². The van der Waals surface area contributed by atoms with Gasteiger partial charge in [-0.2, -0.15) is 13.2 Å². The molecular formula is C17H22F3N3O5. The molecule has 156 valence electrons. The molecule has 1 amide bonds. The van der Waals surface area contributed by atoms with E-state index in [0.29, 0.717) is 12.1 Å². The van der Waals surface area contributed by atoms with Crippen LogP contribution >= 0.6 is 0 Å². The minimum atomic E-state index is -4.74. The molecule has 2 atom stereocenters. The number of carbonyl (C=O) groups is 2. The van der Waals surface area contributed by atoms with Gasteiger partial charge >= 0.3 is 12.1 Å². The summed E-state index contributed by atoms with van der Waals surface area (Å²) in [6.07, 6.45) is -3.11. The molecular weight excluding hydrogens is 383 g/mol. The number of esters is 1. The Kier molecular flexibility index (Phi) is 8.20. The Bertz CT molecular complexity index is 724. The highest BCUT2D eigenvalue weighted by molar-refractivity contribution is 5.84. The number of amides is 1. The molecule has 0 aromatic heterocycles. The molecule has 2 N–H and O–H groups in total. The quantitative estimate of drug-likeness (QED) is 0.371. The standard InChI is InChI=1S/C17H22F3N3O5/c1-4-5-10(2)21-15(24)9-28-16(25)11(3)22-13-7-6-12(17(18,19)20)8-14(13)23(26)27/h6-8,10-11,22H,4-5,9H2,1-3H3,(H,21,24)/t10-,11-/m0/s1. The van der Waals surface area contributed by atoms with E-state index in [1.165, 1.54) is 6.92 Å². The van der Waals surface area contributed by atoms with Gasteiger partial charge in [0.1, 0.15) is 11.7 Å². The lowest BCUT2D eigenvalue weighted by Gasteiger charge is -2.16. The lowest BCUT2D eigenvalue weighted by Crippen LogP contribution is -2.37. The summed E-state index contributed by atoms with van der Waals surface area (Å²) in [7, 11) is 0. The van der Waals surface area contributed by atoms with E-state index >= 15 is 0 Å². The molecule has 11 heteroatoms. The largest absolute Gasteiger partial charge is 0.454 e. The number of nitro benzene ring substituents is 1. The van der Waals surface area contributed by atoms with Gasteiger partial charge < -0.3 is 15.4 Å². The minimum absolute atomic E-state index is 0.0819. The molecule has 1 aromatic rings. The topological polar surface area (TPSA) is 111 Å². The second-order valence-corrected chi connectivity index (χ2v) is 6.22. The van der Waals surface area contributed by atoms with Crippen molar-refractivity contribution in [3.63, 3.8) is 0 Å². The average Bonchev–Trinajstić information content (AvgIpc) is 2.58. The van der Waals surface area contributed by atoms with Crippen LogP contribution < -0.4 is 10.6 Å². The van der Waals surface area contributed by atoms with Gasteiger partial charge in [0, 0.05) is 12.1 Å². The molecule has 0 unspecified atom stereocenters. The van der Waals surface area contributed by atoms with E-state index < -0.39 is 46.9 Å². The van der Waals surface area contributed by atoms with Crippen LogP contribution in [0.15, 0.2) is 18.2 Å². The van der Waals surface area contributed by atoms with Crippen molar-refractivity contribution in [3.05, 3.63) is 33.9 Å². The van der Waals surface area contributed by atoms with E-state index in [1.54, 1.807) is 6.92 Å². The smallest absolute Gasteiger partial charge is 0.416 e. The summed E-state index contributed by atoms with van der Waals surface area (Å²) < 4.78 is 43.0. The fraction of sp³-hybridized carbons (Fsp3) is 0.529. The summed E-state index contributed by atoms with van der Waals surface area (Å²) >= 11 is 0. The van der Waals surface area contributed by atoms with Crippen LogP contribution in [0, 0.1) is 10.1 Å². The van der Waals surface area contributed by atoms with Gasteiger partial charge in [-0.25, -0.2) is 4.79 Å². The Labute approximate surface area is 159 Å². The first-order valence-electron chi connectivity index (χ1n) is 8.53. The maximum absolute atomic E-state index is 12.7. The fourth-order valence-electron chi connectivity index (χ4n) is 2.36. The van der Waals surface area contributed by atoms with Gasteiger partial charge in [0.25, 0.3) is 11.6 Å². The van der Waals surface area contributed by atoms with Crippen LogP contribution in [0.25, 0.3) is 0 Å². The van der Waals surface area contributed by atoms with Crippen molar-refractivity contribution in [2.45, 2.75) is 51.9 Å². The Morgan fingerprint density at radius 3 is 2.46 bits per heavy atom. The first-order valence-corrected chi connectivity index (χ1v) is 8.53. The van der Waals surface area contributed by atoms with E-state index in [4.69, 9.17) is 4.74 Å². The number of nitrogens with one attached hydrogen (secondary N) is 2. The van der Waals surface area contributed by atoms with Gasteiger partial charge in [-0.3, -0.25) is 14.9 Å². The number of alkyl halides is 3. The summed E-state index contributed by atoms with van der Waals surface area (Å²) in [5.41, 5.74) is -2.29. The van der Waals surface area contributed by atoms with Crippen LogP contribution in [0.1, 0.15) is 39.2 Å². The highest BCUT2D eigenvalue weighted by Gasteiger charge is 2.33. The van der Waals surface area contributed by atoms with Crippen molar-refractivity contribution >= 4 is 23.3 Å². The van der Waals surface area contributed by atoms with Crippen LogP contribution in [0.5, 0.6) is 0 Å². The summed E-state index contributed by atoms with van der Waals surface area (Å²) in [6.45, 7) is 4.53. The van der Waals surface area contributed by atoms with E-state index in [9.17, 15) is 32.9 Å². The molecule has 0 spiro atoms. The monoisotopic (exact) mass is 405 g/mol. The third-order valence-electron chi connectivity index (χ3n) is 3.72. The van der Waals surface area contributed by atoms with Crippen LogP contribution in [0.3, 0.4) is 0 Å². The summed E-state index contributed by atoms with van der Waals surface area (Å²) in [5, 5.41) is 16.1. The number of rotatable bonds is 9. The molecule has 0 fully saturated rings. The lowest BCUT2D eigenvalue weighted by molar-refractivity contribution is -0.384. The molecule has 0 saturated heterocycles. The molecule has 28 heavy (non-hydrogen) atoms. The van der Waals surface area contributed by atoms with Gasteiger partial charge in [0.15, 0.2) is 6.61 Å².